The third-order valence-corrected chi connectivity index (χ3v) is 4.72. The summed E-state index contributed by atoms with van der Waals surface area (Å²) >= 11 is 0. The Hall–Kier alpha value is -1.09. The summed E-state index contributed by atoms with van der Waals surface area (Å²) < 4.78 is 0. The lowest BCUT2D eigenvalue weighted by molar-refractivity contribution is -0.118. The number of hydrogen-bond acceptors (Lipinski definition) is 2. The van der Waals surface area contributed by atoms with Crippen LogP contribution in [0.4, 0.5) is 0 Å². The first-order valence-corrected chi connectivity index (χ1v) is 10.4. The van der Waals surface area contributed by atoms with Crippen molar-refractivity contribution in [1.29, 1.82) is 0 Å². The van der Waals surface area contributed by atoms with Crippen LogP contribution in [0.3, 0.4) is 0 Å². The monoisotopic (exact) mass is 351 g/mol. The Labute approximate surface area is 155 Å². The lowest BCUT2D eigenvalue weighted by Gasteiger charge is -2.10. The highest BCUT2D eigenvalue weighted by Gasteiger charge is 2.02. The molecule has 0 aromatic rings. The van der Waals surface area contributed by atoms with Gasteiger partial charge in [0.2, 0.25) is 5.91 Å². The van der Waals surface area contributed by atoms with E-state index < -0.39 is 0 Å². The van der Waals surface area contributed by atoms with Gasteiger partial charge in [0, 0.05) is 13.0 Å². The van der Waals surface area contributed by atoms with Crippen LogP contribution >= 0.6 is 0 Å². The van der Waals surface area contributed by atoms with Crippen molar-refractivity contribution < 1.29 is 9.90 Å². The van der Waals surface area contributed by atoms with Crippen LogP contribution in [0.5, 0.6) is 0 Å². The molecule has 1 atom stereocenters. The number of aliphatic hydroxyl groups is 1. The fraction of sp³-hybridized carbons (Fsp3) is 0.773. The first kappa shape index (κ1) is 23.9. The molecule has 0 saturated carbocycles. The zero-order chi connectivity index (χ0) is 18.6. The Morgan fingerprint density at radius 3 is 2.00 bits per heavy atom. The van der Waals surface area contributed by atoms with E-state index in [0.29, 0.717) is 18.9 Å². The Kier molecular flexibility index (Phi) is 18.4. The predicted octanol–water partition coefficient (Wildman–Crippen LogP) is 5.67. The summed E-state index contributed by atoms with van der Waals surface area (Å²) in [5, 5.41) is 9.14. The lowest BCUT2D eigenvalue weighted by atomic mass is 9.99. The maximum absolute atomic E-state index is 10.6. The fourth-order valence-corrected chi connectivity index (χ4v) is 2.89. The zero-order valence-corrected chi connectivity index (χ0v) is 16.4. The number of allylic oxidation sites excluding steroid dienone is 4. The molecule has 3 heteroatoms. The summed E-state index contributed by atoms with van der Waals surface area (Å²) in [4.78, 5) is 10.6. The minimum Gasteiger partial charge on any atom is -0.396 e. The van der Waals surface area contributed by atoms with Crippen molar-refractivity contribution in [2.45, 2.75) is 96.8 Å². The van der Waals surface area contributed by atoms with Crippen LogP contribution in [0.15, 0.2) is 24.3 Å². The van der Waals surface area contributed by atoms with Crippen LogP contribution < -0.4 is 5.73 Å². The minimum atomic E-state index is -0.178. The molecule has 0 bridgehead atoms. The lowest BCUT2D eigenvalue weighted by Crippen LogP contribution is -2.09. The molecule has 0 fully saturated rings. The van der Waals surface area contributed by atoms with E-state index in [4.69, 9.17) is 10.8 Å². The van der Waals surface area contributed by atoms with Gasteiger partial charge in [-0.3, -0.25) is 4.79 Å². The largest absolute Gasteiger partial charge is 0.396 e. The van der Waals surface area contributed by atoms with E-state index in [1.165, 1.54) is 51.4 Å². The van der Waals surface area contributed by atoms with E-state index in [0.717, 1.165) is 32.1 Å². The molecule has 0 aliphatic carbocycles. The highest BCUT2D eigenvalue weighted by Crippen LogP contribution is 2.13. The molecule has 25 heavy (non-hydrogen) atoms. The van der Waals surface area contributed by atoms with E-state index in [1.54, 1.807) is 0 Å². The van der Waals surface area contributed by atoms with Gasteiger partial charge >= 0.3 is 0 Å². The molecule has 0 saturated heterocycles. The number of unbranched alkanes of at least 4 members (excludes halogenated alkanes) is 8. The number of primary amides is 1. The molecule has 0 aromatic heterocycles. The summed E-state index contributed by atoms with van der Waals surface area (Å²) in [5.74, 6) is 0.332. The Bertz CT molecular complexity index is 346. The molecule has 3 nitrogen and oxygen atoms in total. The number of rotatable bonds is 18. The van der Waals surface area contributed by atoms with Crippen molar-refractivity contribution in [2.75, 3.05) is 6.61 Å². The summed E-state index contributed by atoms with van der Waals surface area (Å²) in [6, 6.07) is 0. The number of amides is 1. The fourth-order valence-electron chi connectivity index (χ4n) is 2.89. The molecule has 0 radical (unpaired) electrons. The standard InChI is InChI=1S/C22H41NO2/c1-2-21(20-24)18-16-14-12-10-8-6-4-3-5-7-9-11-13-15-17-19-22(23)25/h3,5-6,8,21,24H,2,4,7,9-20H2,1H3,(H2,23,25)/b5-3+,8-6+. The van der Waals surface area contributed by atoms with Crippen LogP contribution in [0, 0.1) is 5.92 Å². The van der Waals surface area contributed by atoms with Crippen molar-refractivity contribution in [3.8, 4) is 0 Å². The molecule has 0 aliphatic rings. The van der Waals surface area contributed by atoms with Gasteiger partial charge in [0.1, 0.15) is 0 Å². The quantitative estimate of drug-likeness (QED) is 0.247. The minimum absolute atomic E-state index is 0.178. The maximum Gasteiger partial charge on any atom is 0.217 e. The molecule has 3 N–H and O–H groups in total. The van der Waals surface area contributed by atoms with Crippen LogP contribution in [0.2, 0.25) is 0 Å². The van der Waals surface area contributed by atoms with Crippen LogP contribution in [0.1, 0.15) is 96.8 Å². The van der Waals surface area contributed by atoms with E-state index in [-0.39, 0.29) is 5.91 Å². The highest BCUT2D eigenvalue weighted by molar-refractivity contribution is 5.73. The highest BCUT2D eigenvalue weighted by atomic mass is 16.3. The van der Waals surface area contributed by atoms with Crippen LogP contribution in [-0.2, 0) is 4.79 Å². The third kappa shape index (κ3) is 19.1. The predicted molar refractivity (Wildman–Crippen MR) is 108 cm³/mol. The van der Waals surface area contributed by atoms with Gasteiger partial charge in [-0.25, -0.2) is 0 Å². The van der Waals surface area contributed by atoms with Gasteiger partial charge in [-0.2, -0.15) is 0 Å². The number of nitrogens with two attached hydrogens (primary N) is 1. The van der Waals surface area contributed by atoms with Gasteiger partial charge in [-0.15, -0.1) is 0 Å². The Morgan fingerprint density at radius 1 is 0.880 bits per heavy atom. The molecule has 1 unspecified atom stereocenters. The molecule has 146 valence electrons. The van der Waals surface area contributed by atoms with E-state index >= 15 is 0 Å². The number of hydrogen-bond donors (Lipinski definition) is 2. The van der Waals surface area contributed by atoms with Gasteiger partial charge in [-0.1, -0.05) is 69.8 Å². The summed E-state index contributed by atoms with van der Waals surface area (Å²) in [6.07, 6.45) is 24.8. The van der Waals surface area contributed by atoms with Gasteiger partial charge in [0.15, 0.2) is 0 Å². The number of aliphatic hydroxyl groups excluding tert-OH is 1. The Morgan fingerprint density at radius 2 is 1.44 bits per heavy atom. The SMILES string of the molecule is CCC(CO)CCCCC/C=C/C/C=C/CCCCCCCC(N)=O. The molecule has 0 aromatic carbocycles. The van der Waals surface area contributed by atoms with E-state index in [9.17, 15) is 4.79 Å². The van der Waals surface area contributed by atoms with Crippen LogP contribution in [0.25, 0.3) is 0 Å². The van der Waals surface area contributed by atoms with Crippen molar-refractivity contribution in [2.24, 2.45) is 11.7 Å². The zero-order valence-electron chi connectivity index (χ0n) is 16.4. The van der Waals surface area contributed by atoms with Crippen LogP contribution in [-0.4, -0.2) is 17.6 Å². The maximum atomic E-state index is 10.6. The van der Waals surface area contributed by atoms with Gasteiger partial charge < -0.3 is 10.8 Å². The smallest absolute Gasteiger partial charge is 0.217 e. The molecule has 1 amide bonds. The van der Waals surface area contributed by atoms with E-state index in [2.05, 4.69) is 31.2 Å². The van der Waals surface area contributed by atoms with Gasteiger partial charge in [0.05, 0.1) is 0 Å². The molecule has 0 rings (SSSR count). The third-order valence-electron chi connectivity index (χ3n) is 4.72. The average molecular weight is 352 g/mol. The second-order valence-electron chi connectivity index (χ2n) is 7.05. The second-order valence-corrected chi connectivity index (χ2v) is 7.05. The first-order chi connectivity index (χ1) is 12.2. The molecule has 0 spiro atoms. The Balaban J connectivity index is 3.28. The molecule has 0 heterocycles. The first-order valence-electron chi connectivity index (χ1n) is 10.4. The van der Waals surface area contributed by atoms with Crippen molar-refractivity contribution in [3.63, 3.8) is 0 Å². The number of carbonyl (C=O) groups excluding carboxylic acids is 1. The van der Waals surface area contributed by atoms with Crippen molar-refractivity contribution >= 4 is 5.91 Å². The second kappa shape index (κ2) is 19.2. The van der Waals surface area contributed by atoms with Gasteiger partial charge in [-0.05, 0) is 50.9 Å². The molecule has 0 aliphatic heterocycles. The van der Waals surface area contributed by atoms with E-state index in [1.807, 2.05) is 0 Å². The summed E-state index contributed by atoms with van der Waals surface area (Å²) in [5.41, 5.74) is 5.11. The van der Waals surface area contributed by atoms with Gasteiger partial charge in [0.25, 0.3) is 0 Å². The molecular formula is C22H41NO2. The summed E-state index contributed by atoms with van der Waals surface area (Å²) in [6.45, 7) is 2.50. The normalized spacial score (nSPS) is 13.0. The number of carbonyl (C=O) groups is 1. The topological polar surface area (TPSA) is 63.3 Å². The summed E-state index contributed by atoms with van der Waals surface area (Å²) in [7, 11) is 0. The molecular weight excluding hydrogens is 310 g/mol. The average Bonchev–Trinajstić information content (AvgIpc) is 2.60. The van der Waals surface area contributed by atoms with Crippen molar-refractivity contribution in [3.05, 3.63) is 24.3 Å². The van der Waals surface area contributed by atoms with Crippen molar-refractivity contribution in [1.82, 2.24) is 0 Å².